The number of hydrogen-bond donors (Lipinski definition) is 0. The van der Waals surface area contributed by atoms with Gasteiger partial charge in [0.25, 0.3) is 0 Å². The highest BCUT2D eigenvalue weighted by molar-refractivity contribution is 5.56. The lowest BCUT2D eigenvalue weighted by Crippen LogP contribution is -2.24. The van der Waals surface area contributed by atoms with Gasteiger partial charge in [0.2, 0.25) is 0 Å². The van der Waals surface area contributed by atoms with Crippen LogP contribution in [0.1, 0.15) is 79.1 Å². The van der Waals surface area contributed by atoms with E-state index in [2.05, 4.69) is 50.7 Å². The first-order valence-electron chi connectivity index (χ1n) is 8.99. The molecule has 4 unspecified atom stereocenters. The van der Waals surface area contributed by atoms with E-state index in [0.29, 0.717) is 10.8 Å². The molecule has 2 aliphatic carbocycles. The van der Waals surface area contributed by atoms with Crippen LogP contribution in [-0.2, 0) is 0 Å². The summed E-state index contributed by atoms with van der Waals surface area (Å²) in [5, 5.41) is 0. The summed E-state index contributed by atoms with van der Waals surface area (Å²) < 4.78 is 0. The standard InChI is InChI=1S/C20H33N/c1-5-7-12-21-13-9-18-16-20(18,4)15-17(6-2)14-19(3)10-8-11-19/h12,17-18H,5-7,9-10,13-16H2,1-4H3. The number of rotatable bonds is 10. The zero-order chi connectivity index (χ0) is 15.3. The Bertz CT molecular complexity index is 427. The van der Waals surface area contributed by atoms with Crippen LogP contribution in [0.2, 0.25) is 0 Å². The minimum atomic E-state index is 0.339. The molecule has 0 aromatic heterocycles. The molecule has 0 aromatic carbocycles. The Balaban J connectivity index is 1.71. The van der Waals surface area contributed by atoms with Crippen LogP contribution >= 0.6 is 0 Å². The minimum Gasteiger partial charge on any atom is -0.298 e. The fourth-order valence-corrected chi connectivity index (χ4v) is 3.92. The summed E-state index contributed by atoms with van der Waals surface area (Å²) in [6, 6.07) is 0. The van der Waals surface area contributed by atoms with Crippen LogP contribution in [0.4, 0.5) is 0 Å². The van der Waals surface area contributed by atoms with E-state index in [-0.39, 0.29) is 0 Å². The van der Waals surface area contributed by atoms with Crippen molar-refractivity contribution in [3.8, 4) is 11.8 Å². The van der Waals surface area contributed by atoms with Gasteiger partial charge in [-0.15, -0.1) is 5.92 Å². The van der Waals surface area contributed by atoms with Gasteiger partial charge in [0.05, 0.1) is 0 Å². The quantitative estimate of drug-likeness (QED) is 0.372. The summed E-state index contributed by atoms with van der Waals surface area (Å²) >= 11 is 0. The lowest BCUT2D eigenvalue weighted by Gasteiger charge is -2.32. The van der Waals surface area contributed by atoms with Crippen molar-refractivity contribution in [3.05, 3.63) is 0 Å². The number of hydrogen-bond acceptors (Lipinski definition) is 1. The maximum atomic E-state index is 4.54. The Hall–Kier alpha value is -0.770. The van der Waals surface area contributed by atoms with Gasteiger partial charge in [-0.05, 0) is 62.5 Å². The summed E-state index contributed by atoms with van der Waals surface area (Å²) in [4.78, 5) is 4.54. The second-order valence-electron chi connectivity index (χ2n) is 7.94. The second kappa shape index (κ2) is 6.99. The first-order chi connectivity index (χ1) is 10.0. The van der Waals surface area contributed by atoms with Crippen molar-refractivity contribution in [2.24, 2.45) is 27.7 Å². The van der Waals surface area contributed by atoms with E-state index in [0.717, 1.165) is 31.2 Å². The third-order valence-electron chi connectivity index (χ3n) is 5.63. The van der Waals surface area contributed by atoms with Crippen LogP contribution < -0.4 is 0 Å². The number of nitrogens with zero attached hydrogens (tertiary/aromatic N) is 1. The highest BCUT2D eigenvalue weighted by Gasteiger charge is 2.50. The molecule has 0 amide bonds. The van der Waals surface area contributed by atoms with E-state index < -0.39 is 0 Å². The van der Waals surface area contributed by atoms with E-state index in [1.807, 2.05) is 0 Å². The summed E-state index contributed by atoms with van der Waals surface area (Å²) in [6.45, 7) is 10.5. The fourth-order valence-electron chi connectivity index (χ4n) is 3.92. The molecule has 0 radical (unpaired) electrons. The zero-order valence-electron chi connectivity index (χ0n) is 14.5. The van der Waals surface area contributed by atoms with Crippen molar-refractivity contribution in [2.75, 3.05) is 6.54 Å². The topological polar surface area (TPSA) is 12.4 Å². The van der Waals surface area contributed by atoms with E-state index in [4.69, 9.17) is 0 Å². The predicted molar refractivity (Wildman–Crippen MR) is 92.6 cm³/mol. The Morgan fingerprint density at radius 3 is 2.62 bits per heavy atom. The molecule has 1 fully saturated rings. The molecule has 4 atom stereocenters. The average molecular weight is 287 g/mol. The molecule has 1 heteroatoms. The zero-order valence-corrected chi connectivity index (χ0v) is 14.5. The molecule has 0 bridgehead atoms. The van der Waals surface area contributed by atoms with Crippen LogP contribution in [0.3, 0.4) is 0 Å². The van der Waals surface area contributed by atoms with Crippen LogP contribution in [0, 0.1) is 34.5 Å². The Kier molecular flexibility index (Phi) is 5.53. The van der Waals surface area contributed by atoms with Gasteiger partial charge in [0.1, 0.15) is 0 Å². The lowest BCUT2D eigenvalue weighted by molar-refractivity contribution is 0.247. The minimum absolute atomic E-state index is 0.339. The van der Waals surface area contributed by atoms with E-state index >= 15 is 0 Å². The third kappa shape index (κ3) is 4.60. The van der Waals surface area contributed by atoms with Gasteiger partial charge in [-0.1, -0.05) is 39.5 Å². The smallest absolute Gasteiger partial charge is 0.0398 e. The normalized spacial score (nSPS) is 35.1. The van der Waals surface area contributed by atoms with Crippen LogP contribution in [-0.4, -0.2) is 12.8 Å². The largest absolute Gasteiger partial charge is 0.298 e. The first kappa shape index (κ1) is 16.6. The highest BCUT2D eigenvalue weighted by Crippen LogP contribution is 2.59. The molecule has 21 heavy (non-hydrogen) atoms. The van der Waals surface area contributed by atoms with Gasteiger partial charge in [-0.3, -0.25) is 4.99 Å². The van der Waals surface area contributed by atoms with E-state index in [1.165, 1.54) is 38.5 Å². The summed E-state index contributed by atoms with van der Waals surface area (Å²) in [5.41, 5.74) is 0.945. The van der Waals surface area contributed by atoms with Crippen molar-refractivity contribution in [2.45, 2.75) is 79.1 Å². The molecule has 2 rings (SSSR count). The van der Waals surface area contributed by atoms with Crippen molar-refractivity contribution < 1.29 is 0 Å². The van der Waals surface area contributed by atoms with E-state index in [9.17, 15) is 0 Å². The molecule has 1 nitrogen and oxygen atoms in total. The summed E-state index contributed by atoms with van der Waals surface area (Å²) in [6.07, 6.45) is 12.3. The highest BCUT2D eigenvalue weighted by atomic mass is 14.7. The Morgan fingerprint density at radius 2 is 2.05 bits per heavy atom. The molecule has 0 heterocycles. The molecular formula is C20H33N. The van der Waals surface area contributed by atoms with Crippen LogP contribution in [0.15, 0.2) is 4.99 Å². The van der Waals surface area contributed by atoms with Crippen LogP contribution in [0.5, 0.6) is 0 Å². The molecule has 0 N–H and O–H groups in total. The van der Waals surface area contributed by atoms with Crippen molar-refractivity contribution >= 4 is 6.21 Å². The van der Waals surface area contributed by atoms with Crippen molar-refractivity contribution in [1.29, 1.82) is 0 Å². The molecule has 2 aliphatic rings. The monoisotopic (exact) mass is 287 g/mol. The van der Waals surface area contributed by atoms with Crippen molar-refractivity contribution in [1.82, 2.24) is 0 Å². The molecule has 118 valence electrons. The maximum Gasteiger partial charge on any atom is 0.0398 e. The average Bonchev–Trinajstić information content (AvgIpc) is 3.06. The third-order valence-corrected chi connectivity index (χ3v) is 5.63. The Morgan fingerprint density at radius 1 is 1.29 bits per heavy atom. The van der Waals surface area contributed by atoms with Gasteiger partial charge < -0.3 is 0 Å². The summed E-state index contributed by atoms with van der Waals surface area (Å²) in [5.74, 6) is 8.37. The Labute approximate surface area is 132 Å². The molecular weight excluding hydrogens is 254 g/mol. The molecule has 0 spiro atoms. The summed E-state index contributed by atoms with van der Waals surface area (Å²) in [7, 11) is 0. The molecule has 0 saturated heterocycles. The number of aliphatic imine (C=N–C) groups is 1. The van der Waals surface area contributed by atoms with Gasteiger partial charge in [0, 0.05) is 18.4 Å². The SMILES string of the molecule is CCCC=NCCC1CC1(C)CC(CC)CC1(C)C#CC1. The molecule has 1 saturated carbocycles. The van der Waals surface area contributed by atoms with Gasteiger partial charge >= 0.3 is 0 Å². The van der Waals surface area contributed by atoms with Gasteiger partial charge in [-0.2, -0.15) is 0 Å². The predicted octanol–water partition coefficient (Wildman–Crippen LogP) is 5.49. The maximum absolute atomic E-state index is 4.54. The number of unbranched alkanes of at least 4 members (excludes halogenated alkanes) is 1. The lowest BCUT2D eigenvalue weighted by atomic mass is 9.71. The van der Waals surface area contributed by atoms with Gasteiger partial charge in [0.15, 0.2) is 0 Å². The molecule has 0 aromatic rings. The van der Waals surface area contributed by atoms with Gasteiger partial charge in [-0.25, -0.2) is 0 Å². The van der Waals surface area contributed by atoms with Crippen molar-refractivity contribution in [3.63, 3.8) is 0 Å². The molecule has 0 aliphatic heterocycles. The van der Waals surface area contributed by atoms with Crippen LogP contribution in [0.25, 0.3) is 0 Å². The first-order valence-corrected chi connectivity index (χ1v) is 8.99. The fraction of sp³-hybridized carbons (Fsp3) is 0.850. The van der Waals surface area contributed by atoms with E-state index in [1.54, 1.807) is 0 Å². The second-order valence-corrected chi connectivity index (χ2v) is 7.94.